The Morgan fingerprint density at radius 2 is 1.50 bits per heavy atom. The zero-order valence-corrected chi connectivity index (χ0v) is 10.8. The lowest BCUT2D eigenvalue weighted by molar-refractivity contribution is 0.179. The van der Waals surface area contributed by atoms with E-state index in [1.807, 2.05) is 5.70 Å². The van der Waals surface area contributed by atoms with Crippen LogP contribution >= 0.6 is 0 Å². The van der Waals surface area contributed by atoms with E-state index in [-0.39, 0.29) is 0 Å². The third-order valence-corrected chi connectivity index (χ3v) is 4.44. The van der Waals surface area contributed by atoms with Crippen molar-refractivity contribution in [1.82, 2.24) is 0 Å². The Labute approximate surface area is 89.6 Å². The van der Waals surface area contributed by atoms with Crippen LogP contribution in [0.1, 0.15) is 39.5 Å². The van der Waals surface area contributed by atoms with Crippen LogP contribution in [0, 0.1) is 0 Å². The van der Waals surface area contributed by atoms with Crippen molar-refractivity contribution in [2.24, 2.45) is 0 Å². The van der Waals surface area contributed by atoms with Crippen LogP contribution in [0.25, 0.3) is 0 Å². The Morgan fingerprint density at radius 1 is 1.07 bits per heavy atom. The van der Waals surface area contributed by atoms with E-state index in [4.69, 9.17) is 8.85 Å². The first-order chi connectivity index (χ1) is 6.68. The van der Waals surface area contributed by atoms with Crippen LogP contribution in [0.15, 0.2) is 12.3 Å². The smallest absolute Gasteiger partial charge is 0.361 e. The zero-order chi connectivity index (χ0) is 10.9. The number of rotatable bonds is 9. The highest BCUT2D eigenvalue weighted by Gasteiger charge is 2.26. The molecule has 0 rings (SSSR count). The second kappa shape index (κ2) is 8.21. The molecule has 0 spiro atoms. The molecule has 0 aliphatic heterocycles. The van der Waals surface area contributed by atoms with E-state index in [0.717, 1.165) is 38.9 Å². The highest BCUT2D eigenvalue weighted by molar-refractivity contribution is 6.71. The van der Waals surface area contributed by atoms with Crippen LogP contribution in [0.5, 0.6) is 0 Å². The summed E-state index contributed by atoms with van der Waals surface area (Å²) in [5.74, 6) is 0. The van der Waals surface area contributed by atoms with Crippen molar-refractivity contribution in [2.45, 2.75) is 46.1 Å². The quantitative estimate of drug-likeness (QED) is 0.434. The van der Waals surface area contributed by atoms with Gasteiger partial charge in [0.1, 0.15) is 0 Å². The van der Waals surface area contributed by atoms with Gasteiger partial charge in [-0.1, -0.05) is 26.7 Å². The summed E-state index contributed by atoms with van der Waals surface area (Å²) in [4.78, 5) is 0. The first-order valence-corrected chi connectivity index (χ1v) is 7.99. The molecule has 2 nitrogen and oxygen atoms in total. The molecule has 0 saturated heterocycles. The Kier molecular flexibility index (Phi) is 8.13. The summed E-state index contributed by atoms with van der Waals surface area (Å²) in [6.07, 6.45) is 4.54. The van der Waals surface area contributed by atoms with Gasteiger partial charge in [0.25, 0.3) is 0 Å². The molecule has 0 bridgehead atoms. The molecule has 0 aliphatic carbocycles. The van der Waals surface area contributed by atoms with Crippen LogP contribution in [0.3, 0.4) is 0 Å². The van der Waals surface area contributed by atoms with Crippen molar-refractivity contribution in [3.63, 3.8) is 0 Å². The largest absolute Gasteiger partial charge is 0.391 e. The minimum absolute atomic E-state index is 0.803. The lowest BCUT2D eigenvalue weighted by Crippen LogP contribution is -2.37. The predicted molar refractivity (Wildman–Crippen MR) is 63.5 cm³/mol. The SMILES string of the molecule is C=C[Si](C)(OCCCC)OCCCC. The van der Waals surface area contributed by atoms with Crippen LogP contribution in [-0.2, 0) is 8.85 Å². The normalized spacial score (nSPS) is 11.6. The van der Waals surface area contributed by atoms with Gasteiger partial charge in [0, 0.05) is 13.2 Å². The molecule has 14 heavy (non-hydrogen) atoms. The lowest BCUT2D eigenvalue weighted by Gasteiger charge is -2.23. The van der Waals surface area contributed by atoms with Gasteiger partial charge < -0.3 is 8.85 Å². The summed E-state index contributed by atoms with van der Waals surface area (Å²) < 4.78 is 11.5. The lowest BCUT2D eigenvalue weighted by atomic mass is 10.4. The van der Waals surface area contributed by atoms with Gasteiger partial charge in [-0.25, -0.2) is 0 Å². The van der Waals surface area contributed by atoms with Crippen LogP contribution in [0.4, 0.5) is 0 Å². The standard InChI is InChI=1S/C11H24O2Si/c1-5-8-10-12-14(4,7-3)13-11-9-6-2/h7H,3,5-6,8-11H2,1-2,4H3. The second-order valence-electron chi connectivity index (χ2n) is 3.62. The van der Waals surface area contributed by atoms with Crippen molar-refractivity contribution in [2.75, 3.05) is 13.2 Å². The molecule has 0 fully saturated rings. The topological polar surface area (TPSA) is 18.5 Å². The fourth-order valence-corrected chi connectivity index (χ4v) is 2.42. The summed E-state index contributed by atoms with van der Waals surface area (Å²) >= 11 is 0. The first-order valence-electron chi connectivity index (χ1n) is 5.60. The highest BCUT2D eigenvalue weighted by Crippen LogP contribution is 2.10. The third kappa shape index (κ3) is 6.35. The van der Waals surface area contributed by atoms with Gasteiger partial charge in [0.05, 0.1) is 0 Å². The van der Waals surface area contributed by atoms with Gasteiger partial charge in [-0.05, 0) is 25.1 Å². The predicted octanol–water partition coefficient (Wildman–Crippen LogP) is 3.42. The molecule has 0 saturated carbocycles. The van der Waals surface area contributed by atoms with Crippen LogP contribution < -0.4 is 0 Å². The fraction of sp³-hybridized carbons (Fsp3) is 0.818. The summed E-state index contributed by atoms with van der Waals surface area (Å²) in [6, 6.07) is 0. The average molecular weight is 216 g/mol. The van der Waals surface area contributed by atoms with Gasteiger partial charge in [0.2, 0.25) is 0 Å². The molecule has 0 aromatic heterocycles. The average Bonchev–Trinajstić information content (AvgIpc) is 2.19. The maximum absolute atomic E-state index is 5.76. The molecular weight excluding hydrogens is 192 g/mol. The monoisotopic (exact) mass is 216 g/mol. The summed E-state index contributed by atoms with van der Waals surface area (Å²) in [7, 11) is -2.03. The van der Waals surface area contributed by atoms with E-state index in [0.29, 0.717) is 0 Å². The maximum Gasteiger partial charge on any atom is 0.361 e. The molecule has 0 N–H and O–H groups in total. The third-order valence-electron chi connectivity index (χ3n) is 2.14. The van der Waals surface area contributed by atoms with Crippen molar-refractivity contribution >= 4 is 8.56 Å². The molecular formula is C11H24O2Si. The molecule has 0 atom stereocenters. The molecule has 0 heterocycles. The zero-order valence-electron chi connectivity index (χ0n) is 9.84. The van der Waals surface area contributed by atoms with Gasteiger partial charge in [0.15, 0.2) is 0 Å². The fourth-order valence-electron chi connectivity index (χ4n) is 0.998. The molecule has 0 aromatic carbocycles. The summed E-state index contributed by atoms with van der Waals surface area (Å²) in [5.41, 5.74) is 1.87. The first kappa shape index (κ1) is 13.9. The van der Waals surface area contributed by atoms with Crippen LogP contribution in [0.2, 0.25) is 6.55 Å². The van der Waals surface area contributed by atoms with Crippen molar-refractivity contribution in [1.29, 1.82) is 0 Å². The van der Waals surface area contributed by atoms with Gasteiger partial charge in [-0.2, -0.15) is 0 Å². The van der Waals surface area contributed by atoms with E-state index in [1.54, 1.807) is 0 Å². The number of hydrogen-bond donors (Lipinski definition) is 0. The molecule has 84 valence electrons. The van der Waals surface area contributed by atoms with E-state index in [9.17, 15) is 0 Å². The second-order valence-corrected chi connectivity index (χ2v) is 6.64. The van der Waals surface area contributed by atoms with E-state index >= 15 is 0 Å². The minimum Gasteiger partial charge on any atom is -0.391 e. The molecule has 3 heteroatoms. The van der Waals surface area contributed by atoms with Crippen molar-refractivity contribution in [3.05, 3.63) is 12.3 Å². The van der Waals surface area contributed by atoms with Gasteiger partial charge in [-0.3, -0.25) is 0 Å². The van der Waals surface area contributed by atoms with Gasteiger partial charge >= 0.3 is 8.56 Å². The molecule has 0 aromatic rings. The Bertz CT molecular complexity index is 138. The van der Waals surface area contributed by atoms with E-state index in [2.05, 4.69) is 27.0 Å². The molecule has 0 unspecified atom stereocenters. The van der Waals surface area contributed by atoms with Crippen molar-refractivity contribution in [3.8, 4) is 0 Å². The Balaban J connectivity index is 3.73. The Hall–Kier alpha value is -0.123. The highest BCUT2D eigenvalue weighted by atomic mass is 28.4. The van der Waals surface area contributed by atoms with E-state index in [1.165, 1.54) is 0 Å². The molecule has 0 radical (unpaired) electrons. The van der Waals surface area contributed by atoms with E-state index < -0.39 is 8.56 Å². The maximum atomic E-state index is 5.76. The Morgan fingerprint density at radius 3 is 1.79 bits per heavy atom. The summed E-state index contributed by atoms with van der Waals surface area (Å²) in [5, 5.41) is 0. The number of unbranched alkanes of at least 4 members (excludes halogenated alkanes) is 2. The molecule has 0 amide bonds. The van der Waals surface area contributed by atoms with Crippen LogP contribution in [-0.4, -0.2) is 21.8 Å². The molecule has 0 aliphatic rings. The minimum atomic E-state index is -2.03. The summed E-state index contributed by atoms with van der Waals surface area (Å²) in [6.45, 7) is 11.8. The van der Waals surface area contributed by atoms with Gasteiger partial charge in [-0.15, -0.1) is 6.58 Å². The van der Waals surface area contributed by atoms with Crippen molar-refractivity contribution < 1.29 is 8.85 Å². The number of hydrogen-bond acceptors (Lipinski definition) is 2.